The minimum Gasteiger partial charge on any atom is -0.454 e. The molecular weight excluding hydrogens is 424 g/mol. The third-order valence-corrected chi connectivity index (χ3v) is 6.62. The van der Waals surface area contributed by atoms with E-state index >= 15 is 0 Å². The summed E-state index contributed by atoms with van der Waals surface area (Å²) in [5, 5.41) is 9.20. The van der Waals surface area contributed by atoms with Crippen molar-refractivity contribution in [3.63, 3.8) is 0 Å². The monoisotopic (exact) mass is 482 g/mol. The van der Waals surface area contributed by atoms with Crippen LogP contribution >= 0.6 is 0 Å². The van der Waals surface area contributed by atoms with Crippen molar-refractivity contribution in [3.05, 3.63) is 12.2 Å². The maximum Gasteiger partial charge on any atom is 0.330 e. The van der Waals surface area contributed by atoms with Crippen molar-refractivity contribution >= 4 is 5.97 Å². The summed E-state index contributed by atoms with van der Waals surface area (Å²) in [5.41, 5.74) is 0. The average molecular weight is 483 g/mol. The highest BCUT2D eigenvalue weighted by atomic mass is 16.6. The SMILES string of the molecule is CCCCCCCCCCCCCCCCCCC(C)CC/C=C/C(=O)OC(CO)COCC. The number of unbranched alkanes of at least 4 members (excludes halogenated alkanes) is 15. The van der Waals surface area contributed by atoms with Crippen molar-refractivity contribution in [2.45, 2.75) is 149 Å². The molecule has 0 aromatic carbocycles. The van der Waals surface area contributed by atoms with Gasteiger partial charge in [-0.2, -0.15) is 0 Å². The minimum absolute atomic E-state index is 0.212. The fourth-order valence-corrected chi connectivity index (χ4v) is 4.32. The topological polar surface area (TPSA) is 55.8 Å². The van der Waals surface area contributed by atoms with Crippen molar-refractivity contribution in [2.75, 3.05) is 19.8 Å². The third-order valence-electron chi connectivity index (χ3n) is 6.62. The Hall–Kier alpha value is -0.870. The van der Waals surface area contributed by atoms with Gasteiger partial charge in [0.25, 0.3) is 0 Å². The summed E-state index contributed by atoms with van der Waals surface area (Å²) in [7, 11) is 0. The molecule has 0 aromatic heterocycles. The van der Waals surface area contributed by atoms with E-state index in [4.69, 9.17) is 9.47 Å². The van der Waals surface area contributed by atoms with Crippen LogP contribution in [0.1, 0.15) is 143 Å². The van der Waals surface area contributed by atoms with Gasteiger partial charge in [0.15, 0.2) is 0 Å². The summed E-state index contributed by atoms with van der Waals surface area (Å²) in [4.78, 5) is 11.8. The summed E-state index contributed by atoms with van der Waals surface area (Å²) in [6.07, 6.45) is 28.7. The van der Waals surface area contributed by atoms with E-state index < -0.39 is 12.1 Å². The number of carbonyl (C=O) groups excluding carboxylic acids is 1. The number of allylic oxidation sites excluding steroid dienone is 1. The molecule has 1 N–H and O–H groups in total. The van der Waals surface area contributed by atoms with Crippen molar-refractivity contribution in [2.24, 2.45) is 5.92 Å². The van der Waals surface area contributed by atoms with Crippen LogP contribution in [0.4, 0.5) is 0 Å². The Morgan fingerprint density at radius 1 is 0.765 bits per heavy atom. The number of hydrogen-bond donors (Lipinski definition) is 1. The molecule has 4 heteroatoms. The fourth-order valence-electron chi connectivity index (χ4n) is 4.32. The number of hydrogen-bond acceptors (Lipinski definition) is 4. The molecule has 0 aromatic rings. The van der Waals surface area contributed by atoms with E-state index in [1.807, 2.05) is 13.0 Å². The predicted octanol–water partition coefficient (Wildman–Crippen LogP) is 8.55. The van der Waals surface area contributed by atoms with Gasteiger partial charge in [-0.15, -0.1) is 0 Å². The quantitative estimate of drug-likeness (QED) is 0.0762. The molecule has 0 spiro atoms. The molecular formula is C30H58O4. The van der Waals surface area contributed by atoms with Crippen LogP contribution in [0.15, 0.2) is 12.2 Å². The second-order valence-electron chi connectivity index (χ2n) is 10.1. The van der Waals surface area contributed by atoms with Gasteiger partial charge in [-0.25, -0.2) is 4.79 Å². The lowest BCUT2D eigenvalue weighted by atomic mass is 9.97. The number of ether oxygens (including phenoxy) is 2. The van der Waals surface area contributed by atoms with Crippen LogP contribution in [0.5, 0.6) is 0 Å². The second kappa shape index (κ2) is 26.7. The van der Waals surface area contributed by atoms with Crippen molar-refractivity contribution in [1.29, 1.82) is 0 Å². The second-order valence-corrected chi connectivity index (χ2v) is 10.1. The Morgan fingerprint density at radius 2 is 1.26 bits per heavy atom. The molecule has 0 heterocycles. The highest BCUT2D eigenvalue weighted by Gasteiger charge is 2.11. The van der Waals surface area contributed by atoms with E-state index in [0.717, 1.165) is 12.8 Å². The van der Waals surface area contributed by atoms with Gasteiger partial charge in [0, 0.05) is 12.7 Å². The maximum atomic E-state index is 11.8. The van der Waals surface area contributed by atoms with Gasteiger partial charge in [-0.3, -0.25) is 0 Å². The first-order valence-electron chi connectivity index (χ1n) is 14.7. The van der Waals surface area contributed by atoms with Crippen LogP contribution in [-0.2, 0) is 14.3 Å². The zero-order valence-electron chi connectivity index (χ0n) is 23.0. The standard InChI is InChI=1S/C30H58O4/c1-4-6-7-8-9-10-11-12-13-14-15-16-17-18-19-20-23-28(3)24-21-22-25-30(32)34-29(26-31)27-33-5-2/h22,25,28-29,31H,4-21,23-24,26-27H2,1-3H3/b25-22+. The van der Waals surface area contributed by atoms with E-state index in [1.165, 1.54) is 115 Å². The van der Waals surface area contributed by atoms with Crippen molar-refractivity contribution in [3.8, 4) is 0 Å². The third kappa shape index (κ3) is 24.3. The molecule has 0 fully saturated rings. The number of carbonyl (C=O) groups is 1. The number of rotatable bonds is 26. The zero-order chi connectivity index (χ0) is 25.1. The highest BCUT2D eigenvalue weighted by Crippen LogP contribution is 2.17. The lowest BCUT2D eigenvalue weighted by molar-refractivity contribution is -0.148. The minimum atomic E-state index is -0.578. The lowest BCUT2D eigenvalue weighted by Gasteiger charge is -2.13. The van der Waals surface area contributed by atoms with E-state index in [-0.39, 0.29) is 13.2 Å². The van der Waals surface area contributed by atoms with Crippen LogP contribution in [0.3, 0.4) is 0 Å². The largest absolute Gasteiger partial charge is 0.454 e. The summed E-state index contributed by atoms with van der Waals surface area (Å²) in [6.45, 7) is 7.03. The summed E-state index contributed by atoms with van der Waals surface area (Å²) < 4.78 is 10.4. The first kappa shape index (κ1) is 33.1. The molecule has 0 aliphatic heterocycles. The van der Waals surface area contributed by atoms with E-state index in [0.29, 0.717) is 12.5 Å². The molecule has 0 saturated carbocycles. The average Bonchev–Trinajstić information content (AvgIpc) is 2.84. The molecule has 202 valence electrons. The Labute approximate surface area is 212 Å². The van der Waals surface area contributed by atoms with E-state index in [1.54, 1.807) is 0 Å². The van der Waals surface area contributed by atoms with Gasteiger partial charge < -0.3 is 14.6 Å². The number of aliphatic hydroxyl groups excluding tert-OH is 1. The van der Waals surface area contributed by atoms with E-state index in [2.05, 4.69) is 13.8 Å². The summed E-state index contributed by atoms with van der Waals surface area (Å²) in [6, 6.07) is 0. The van der Waals surface area contributed by atoms with Crippen LogP contribution < -0.4 is 0 Å². The molecule has 0 bridgehead atoms. The normalized spacial score (nSPS) is 13.4. The molecule has 34 heavy (non-hydrogen) atoms. The predicted molar refractivity (Wildman–Crippen MR) is 145 cm³/mol. The number of aliphatic hydroxyl groups is 1. The summed E-state index contributed by atoms with van der Waals surface area (Å²) in [5.74, 6) is 0.291. The van der Waals surface area contributed by atoms with Crippen LogP contribution in [-0.4, -0.2) is 37.0 Å². The molecule has 0 saturated heterocycles. The van der Waals surface area contributed by atoms with Crippen LogP contribution in [0.2, 0.25) is 0 Å². The van der Waals surface area contributed by atoms with Gasteiger partial charge in [0.2, 0.25) is 0 Å². The molecule has 0 aliphatic rings. The molecule has 0 amide bonds. The zero-order valence-corrected chi connectivity index (χ0v) is 23.0. The molecule has 0 radical (unpaired) electrons. The van der Waals surface area contributed by atoms with Crippen LogP contribution in [0.25, 0.3) is 0 Å². The number of esters is 1. The van der Waals surface area contributed by atoms with Gasteiger partial charge in [0.05, 0.1) is 13.2 Å². The molecule has 2 atom stereocenters. The van der Waals surface area contributed by atoms with Gasteiger partial charge in [-0.1, -0.05) is 129 Å². The fraction of sp³-hybridized carbons (Fsp3) is 0.900. The van der Waals surface area contributed by atoms with Gasteiger partial charge in [0.1, 0.15) is 6.10 Å². The Bertz CT molecular complexity index is 449. The first-order chi connectivity index (χ1) is 16.6. The molecule has 2 unspecified atom stereocenters. The lowest BCUT2D eigenvalue weighted by Crippen LogP contribution is -2.26. The first-order valence-corrected chi connectivity index (χ1v) is 14.7. The Balaban J connectivity index is 3.42. The Morgan fingerprint density at radius 3 is 1.74 bits per heavy atom. The summed E-state index contributed by atoms with van der Waals surface area (Å²) >= 11 is 0. The van der Waals surface area contributed by atoms with Gasteiger partial charge in [-0.05, 0) is 25.7 Å². The van der Waals surface area contributed by atoms with Gasteiger partial charge >= 0.3 is 5.97 Å². The molecule has 0 aliphatic carbocycles. The molecule has 4 nitrogen and oxygen atoms in total. The smallest absolute Gasteiger partial charge is 0.330 e. The highest BCUT2D eigenvalue weighted by molar-refractivity contribution is 5.82. The Kier molecular flexibility index (Phi) is 26.0. The van der Waals surface area contributed by atoms with E-state index in [9.17, 15) is 9.90 Å². The molecule has 0 rings (SSSR count). The van der Waals surface area contributed by atoms with Crippen LogP contribution in [0, 0.1) is 5.92 Å². The maximum absolute atomic E-state index is 11.8. The van der Waals surface area contributed by atoms with Crippen molar-refractivity contribution < 1.29 is 19.4 Å². The van der Waals surface area contributed by atoms with Crippen molar-refractivity contribution in [1.82, 2.24) is 0 Å².